The predicted octanol–water partition coefficient (Wildman–Crippen LogP) is 1.39. The molecule has 0 fully saturated rings. The molecule has 0 radical (unpaired) electrons. The van der Waals surface area contributed by atoms with Crippen LogP contribution < -0.4 is 0 Å². The van der Waals surface area contributed by atoms with Gasteiger partial charge in [-0.15, -0.1) is 10.2 Å². The molecule has 2 aromatic heterocycles. The second kappa shape index (κ2) is 7.40. The second-order valence-electron chi connectivity index (χ2n) is 7.64. The Balaban J connectivity index is 2.05. The van der Waals surface area contributed by atoms with Crippen LogP contribution in [0.25, 0.3) is 0 Å². The fourth-order valence-corrected chi connectivity index (χ4v) is 3.31. The van der Waals surface area contributed by atoms with Crippen LogP contribution in [0.3, 0.4) is 0 Å². The topological polar surface area (TPSA) is 102 Å². The summed E-state index contributed by atoms with van der Waals surface area (Å²) in [6, 6.07) is 0. The number of aliphatic hydroxyl groups excluding tert-OH is 2. The summed E-state index contributed by atoms with van der Waals surface area (Å²) in [5, 5.41) is 34.3. The van der Waals surface area contributed by atoms with Crippen LogP contribution in [0, 0.1) is 10.8 Å². The number of hydrogen-bond donors (Lipinski definition) is 2. The van der Waals surface area contributed by atoms with Crippen LogP contribution >= 0.6 is 0 Å². The number of aliphatic hydroxyl groups is 2. The molecule has 8 nitrogen and oxygen atoms in total. The summed E-state index contributed by atoms with van der Waals surface area (Å²) < 4.78 is 3.60. The first-order valence-corrected chi connectivity index (χ1v) is 8.29. The first kappa shape index (κ1) is 18.5. The highest BCUT2D eigenvalue weighted by molar-refractivity contribution is 4.92. The minimum Gasteiger partial charge on any atom is -0.390 e. The summed E-state index contributed by atoms with van der Waals surface area (Å²) in [6.07, 6.45) is 5.56. The normalized spacial score (nSPS) is 14.8. The van der Waals surface area contributed by atoms with Crippen molar-refractivity contribution < 1.29 is 10.2 Å². The minimum absolute atomic E-state index is 0.00553. The zero-order valence-electron chi connectivity index (χ0n) is 15.0. The lowest BCUT2D eigenvalue weighted by Gasteiger charge is -2.36. The third kappa shape index (κ3) is 4.85. The van der Waals surface area contributed by atoms with Crippen molar-refractivity contribution in [2.24, 2.45) is 10.8 Å². The molecule has 0 amide bonds. The van der Waals surface area contributed by atoms with Gasteiger partial charge in [-0.2, -0.15) is 0 Å². The van der Waals surface area contributed by atoms with Gasteiger partial charge in [0.2, 0.25) is 0 Å². The maximum Gasteiger partial charge on any atom is 0.108 e. The molecule has 0 aliphatic rings. The summed E-state index contributed by atoms with van der Waals surface area (Å²) >= 11 is 0. The van der Waals surface area contributed by atoms with Crippen molar-refractivity contribution in [1.29, 1.82) is 0 Å². The quantitative estimate of drug-likeness (QED) is 0.717. The molecule has 2 aromatic rings. The highest BCUT2D eigenvalue weighted by Crippen LogP contribution is 2.38. The molecule has 0 aromatic carbocycles. The Hall–Kier alpha value is -1.80. The van der Waals surface area contributed by atoms with Crippen molar-refractivity contribution in [3.63, 3.8) is 0 Å². The highest BCUT2D eigenvalue weighted by Gasteiger charge is 2.32. The summed E-state index contributed by atoms with van der Waals surface area (Å²) in [5.74, 6) is 0. The minimum atomic E-state index is -0.0907. The molecule has 0 bridgehead atoms. The Morgan fingerprint density at radius 1 is 0.917 bits per heavy atom. The van der Waals surface area contributed by atoms with Gasteiger partial charge in [-0.05, 0) is 23.7 Å². The first-order chi connectivity index (χ1) is 11.3. The Labute approximate surface area is 142 Å². The van der Waals surface area contributed by atoms with Crippen LogP contribution in [0.1, 0.15) is 51.9 Å². The van der Waals surface area contributed by atoms with Crippen molar-refractivity contribution in [1.82, 2.24) is 30.0 Å². The van der Waals surface area contributed by atoms with Crippen molar-refractivity contribution >= 4 is 0 Å². The van der Waals surface area contributed by atoms with Crippen LogP contribution in [-0.4, -0.2) is 40.2 Å². The van der Waals surface area contributed by atoms with E-state index >= 15 is 0 Å². The first-order valence-electron chi connectivity index (χ1n) is 8.29. The van der Waals surface area contributed by atoms with Crippen LogP contribution in [0.2, 0.25) is 0 Å². The standard InChI is InChI=1S/C16H28N6O2/c1-5-16(4,12-22-7-14(9-24)18-20-22)10-15(2,3)11-21-6-13(8-23)17-19-21/h6-7,23-24H,5,8-12H2,1-4H3. The summed E-state index contributed by atoms with van der Waals surface area (Å²) in [4.78, 5) is 0. The van der Waals surface area contributed by atoms with E-state index in [1.807, 2.05) is 4.68 Å². The number of nitrogens with zero attached hydrogens (tertiary/aromatic N) is 6. The monoisotopic (exact) mass is 336 g/mol. The molecule has 0 saturated carbocycles. The van der Waals surface area contributed by atoms with Crippen molar-refractivity contribution in [3.8, 4) is 0 Å². The molecule has 0 spiro atoms. The van der Waals surface area contributed by atoms with E-state index in [-0.39, 0.29) is 24.0 Å². The molecule has 1 unspecified atom stereocenters. The number of rotatable bonds is 9. The van der Waals surface area contributed by atoms with Crippen LogP contribution in [0.15, 0.2) is 12.4 Å². The lowest BCUT2D eigenvalue weighted by Crippen LogP contribution is -2.32. The molecule has 0 saturated heterocycles. The predicted molar refractivity (Wildman–Crippen MR) is 88.7 cm³/mol. The van der Waals surface area contributed by atoms with Gasteiger partial charge in [-0.25, -0.2) is 0 Å². The third-order valence-electron chi connectivity index (χ3n) is 4.39. The van der Waals surface area contributed by atoms with Crippen molar-refractivity contribution in [2.45, 2.75) is 66.8 Å². The average molecular weight is 336 g/mol. The summed E-state index contributed by atoms with van der Waals surface area (Å²) in [5.41, 5.74) is 1.23. The molecular formula is C16H28N6O2. The summed E-state index contributed by atoms with van der Waals surface area (Å²) in [6.45, 7) is 10.1. The fraction of sp³-hybridized carbons (Fsp3) is 0.750. The van der Waals surface area contributed by atoms with E-state index in [9.17, 15) is 0 Å². The van der Waals surface area contributed by atoms with Gasteiger partial charge in [0.05, 0.1) is 25.6 Å². The summed E-state index contributed by atoms with van der Waals surface area (Å²) in [7, 11) is 0. The van der Waals surface area contributed by atoms with E-state index in [0.717, 1.165) is 25.9 Å². The van der Waals surface area contributed by atoms with Gasteiger partial charge in [0.15, 0.2) is 0 Å². The zero-order valence-corrected chi connectivity index (χ0v) is 15.0. The molecule has 0 aliphatic heterocycles. The van der Waals surface area contributed by atoms with E-state index in [1.54, 1.807) is 17.1 Å². The van der Waals surface area contributed by atoms with Gasteiger partial charge in [0.1, 0.15) is 11.4 Å². The molecule has 2 N–H and O–H groups in total. The fourth-order valence-electron chi connectivity index (χ4n) is 3.31. The van der Waals surface area contributed by atoms with E-state index in [2.05, 4.69) is 48.3 Å². The van der Waals surface area contributed by atoms with E-state index in [1.165, 1.54) is 0 Å². The van der Waals surface area contributed by atoms with Gasteiger partial charge in [0, 0.05) is 13.1 Å². The Kier molecular flexibility index (Phi) is 5.71. The second-order valence-corrected chi connectivity index (χ2v) is 7.64. The maximum atomic E-state index is 9.13. The SMILES string of the molecule is CCC(C)(Cn1cc(CO)nn1)CC(C)(C)Cn1cc(CO)nn1. The Bertz CT molecular complexity index is 651. The number of hydrogen-bond acceptors (Lipinski definition) is 6. The van der Waals surface area contributed by atoms with Crippen LogP contribution in [0.5, 0.6) is 0 Å². The Morgan fingerprint density at radius 2 is 1.42 bits per heavy atom. The lowest BCUT2D eigenvalue weighted by atomic mass is 9.72. The van der Waals surface area contributed by atoms with Crippen LogP contribution in [-0.2, 0) is 26.3 Å². The smallest absolute Gasteiger partial charge is 0.108 e. The largest absolute Gasteiger partial charge is 0.390 e. The molecule has 134 valence electrons. The van der Waals surface area contributed by atoms with E-state index in [4.69, 9.17) is 10.2 Å². The molecule has 0 aliphatic carbocycles. The van der Waals surface area contributed by atoms with Gasteiger partial charge in [-0.1, -0.05) is 38.1 Å². The van der Waals surface area contributed by atoms with Crippen molar-refractivity contribution in [2.75, 3.05) is 0 Å². The van der Waals surface area contributed by atoms with Gasteiger partial charge in [0.25, 0.3) is 0 Å². The Morgan fingerprint density at radius 3 is 1.83 bits per heavy atom. The molecular weight excluding hydrogens is 308 g/mol. The molecule has 24 heavy (non-hydrogen) atoms. The zero-order chi connectivity index (χ0) is 17.8. The van der Waals surface area contributed by atoms with E-state index in [0.29, 0.717) is 11.4 Å². The van der Waals surface area contributed by atoms with Gasteiger partial charge >= 0.3 is 0 Å². The van der Waals surface area contributed by atoms with Gasteiger partial charge in [-0.3, -0.25) is 9.36 Å². The lowest BCUT2D eigenvalue weighted by molar-refractivity contribution is 0.121. The number of aromatic nitrogens is 6. The molecule has 2 rings (SSSR count). The third-order valence-corrected chi connectivity index (χ3v) is 4.39. The molecule has 8 heteroatoms. The van der Waals surface area contributed by atoms with Crippen molar-refractivity contribution in [3.05, 3.63) is 23.8 Å². The van der Waals surface area contributed by atoms with E-state index < -0.39 is 0 Å². The maximum absolute atomic E-state index is 9.13. The van der Waals surface area contributed by atoms with Gasteiger partial charge < -0.3 is 10.2 Å². The molecule has 2 heterocycles. The van der Waals surface area contributed by atoms with Crippen LogP contribution in [0.4, 0.5) is 0 Å². The highest BCUT2D eigenvalue weighted by atomic mass is 16.3. The molecule has 1 atom stereocenters. The average Bonchev–Trinajstić information content (AvgIpc) is 3.15.